The van der Waals surface area contributed by atoms with Crippen LogP contribution in [0, 0.1) is 0 Å². The fourth-order valence-electron chi connectivity index (χ4n) is 1.28. The first-order valence-electron chi connectivity index (χ1n) is 4.65. The van der Waals surface area contributed by atoms with Crippen LogP contribution >= 0.6 is 11.3 Å². The van der Waals surface area contributed by atoms with Crippen LogP contribution in [0.3, 0.4) is 0 Å². The second-order valence-corrected chi connectivity index (χ2v) is 3.95. The summed E-state index contributed by atoms with van der Waals surface area (Å²) in [7, 11) is 1.69. The molecule has 0 spiro atoms. The predicted octanol–water partition coefficient (Wildman–Crippen LogP) is 2.41. The summed E-state index contributed by atoms with van der Waals surface area (Å²) >= 11 is 1.45. The van der Waals surface area contributed by atoms with Gasteiger partial charge in [-0.15, -0.1) is 11.3 Å². The molecule has 0 saturated heterocycles. The largest absolute Gasteiger partial charge is 0.364 e. The van der Waals surface area contributed by atoms with Crippen molar-refractivity contribution in [3.8, 4) is 0 Å². The number of rotatable bonds is 4. The zero-order valence-electron chi connectivity index (χ0n) is 8.50. The van der Waals surface area contributed by atoms with Crippen LogP contribution in [0.5, 0.6) is 0 Å². The van der Waals surface area contributed by atoms with Crippen LogP contribution in [-0.2, 0) is 0 Å². The third-order valence-corrected chi connectivity index (χ3v) is 2.78. The summed E-state index contributed by atoms with van der Waals surface area (Å²) in [6.07, 6.45) is -2.40. The maximum atomic E-state index is 12.1. The summed E-state index contributed by atoms with van der Waals surface area (Å²) in [6, 6.07) is 1.81. The number of halogens is 2. The average Bonchev–Trinajstić information content (AvgIpc) is 2.73. The summed E-state index contributed by atoms with van der Waals surface area (Å²) in [5, 5.41) is 8.03. The maximum Gasteiger partial charge on any atom is 0.255 e. The van der Waals surface area contributed by atoms with E-state index in [0.29, 0.717) is 11.8 Å². The highest BCUT2D eigenvalue weighted by atomic mass is 32.1. The van der Waals surface area contributed by atoms with Crippen molar-refractivity contribution < 1.29 is 8.78 Å². The molecule has 4 nitrogen and oxygen atoms in total. The molecule has 0 radical (unpaired) electrons. The van der Waals surface area contributed by atoms with Crippen molar-refractivity contribution in [3.63, 3.8) is 0 Å². The molecular formula is C9H10F2N4S. The van der Waals surface area contributed by atoms with E-state index in [2.05, 4.69) is 20.6 Å². The van der Waals surface area contributed by atoms with Gasteiger partial charge in [0.15, 0.2) is 0 Å². The van der Waals surface area contributed by atoms with Gasteiger partial charge in [0.1, 0.15) is 10.6 Å². The Kier molecular flexibility index (Phi) is 3.14. The van der Waals surface area contributed by atoms with Gasteiger partial charge in [-0.1, -0.05) is 0 Å². The second-order valence-electron chi connectivity index (χ2n) is 3.06. The molecule has 2 aromatic heterocycles. The van der Waals surface area contributed by atoms with Gasteiger partial charge in [-0.3, -0.25) is 0 Å². The van der Waals surface area contributed by atoms with Crippen molar-refractivity contribution in [3.05, 3.63) is 11.4 Å². The van der Waals surface area contributed by atoms with Crippen LogP contribution < -0.4 is 10.6 Å². The van der Waals surface area contributed by atoms with Crippen molar-refractivity contribution in [1.29, 1.82) is 0 Å². The highest BCUT2D eigenvalue weighted by Crippen LogP contribution is 2.26. The number of nitrogens with zero attached hydrogens (tertiary/aromatic N) is 2. The predicted molar refractivity (Wildman–Crippen MR) is 61.5 cm³/mol. The van der Waals surface area contributed by atoms with E-state index in [-0.39, 0.29) is 0 Å². The molecular weight excluding hydrogens is 234 g/mol. The molecule has 86 valence electrons. The van der Waals surface area contributed by atoms with Crippen molar-refractivity contribution >= 4 is 33.3 Å². The quantitative estimate of drug-likeness (QED) is 0.867. The number of hydrogen-bond acceptors (Lipinski definition) is 5. The molecule has 0 unspecified atom stereocenters. The van der Waals surface area contributed by atoms with Gasteiger partial charge in [0.05, 0.1) is 11.9 Å². The van der Waals surface area contributed by atoms with E-state index in [1.165, 1.54) is 11.3 Å². The van der Waals surface area contributed by atoms with E-state index in [4.69, 9.17) is 0 Å². The lowest BCUT2D eigenvalue weighted by atomic mass is 10.4. The molecule has 0 atom stereocenters. The van der Waals surface area contributed by atoms with E-state index < -0.39 is 13.0 Å². The van der Waals surface area contributed by atoms with Gasteiger partial charge in [0.25, 0.3) is 6.43 Å². The van der Waals surface area contributed by atoms with Gasteiger partial charge < -0.3 is 10.6 Å². The van der Waals surface area contributed by atoms with Gasteiger partial charge in [-0.2, -0.15) is 4.98 Å². The minimum atomic E-state index is -2.40. The van der Waals surface area contributed by atoms with Crippen molar-refractivity contribution in [2.24, 2.45) is 0 Å². The van der Waals surface area contributed by atoms with Gasteiger partial charge in [-0.05, 0) is 11.4 Å². The fraction of sp³-hybridized carbons (Fsp3) is 0.333. The minimum absolute atomic E-state index is 0.412. The average molecular weight is 244 g/mol. The van der Waals surface area contributed by atoms with Gasteiger partial charge >= 0.3 is 0 Å². The monoisotopic (exact) mass is 244 g/mol. The summed E-state index contributed by atoms with van der Waals surface area (Å²) in [6.45, 7) is -0.412. The smallest absolute Gasteiger partial charge is 0.255 e. The van der Waals surface area contributed by atoms with Crippen LogP contribution in [0.15, 0.2) is 11.4 Å². The first-order chi connectivity index (χ1) is 7.70. The van der Waals surface area contributed by atoms with Crippen molar-refractivity contribution in [2.75, 3.05) is 24.2 Å². The number of fused-ring (bicyclic) bond motifs is 1. The maximum absolute atomic E-state index is 12.1. The Morgan fingerprint density at radius 2 is 2.25 bits per heavy atom. The molecule has 0 saturated carbocycles. The van der Waals surface area contributed by atoms with Crippen LogP contribution in [0.25, 0.3) is 10.2 Å². The zero-order chi connectivity index (χ0) is 11.5. The molecule has 2 rings (SSSR count). The summed E-state index contributed by atoms with van der Waals surface area (Å²) < 4.78 is 24.2. The molecule has 0 fully saturated rings. The van der Waals surface area contributed by atoms with Crippen LogP contribution in [0.2, 0.25) is 0 Å². The summed E-state index contributed by atoms with van der Waals surface area (Å²) in [5.74, 6) is 0.864. The third-order valence-electron chi connectivity index (χ3n) is 1.97. The Morgan fingerprint density at radius 3 is 2.94 bits per heavy atom. The van der Waals surface area contributed by atoms with E-state index in [1.54, 1.807) is 7.05 Å². The first-order valence-corrected chi connectivity index (χ1v) is 5.53. The number of thiophene rings is 1. The van der Waals surface area contributed by atoms with Gasteiger partial charge in [0, 0.05) is 7.05 Å². The standard InChI is InChI=1S/C9H10F2N4S/c1-12-9-14-7(13-4-6(10)11)5-2-3-16-8(5)15-9/h2-3,6H,4H2,1H3,(H2,12,13,14,15). The highest BCUT2D eigenvalue weighted by Gasteiger charge is 2.09. The van der Waals surface area contributed by atoms with Gasteiger partial charge in [-0.25, -0.2) is 13.8 Å². The van der Waals surface area contributed by atoms with E-state index in [1.807, 2.05) is 11.4 Å². The first kappa shape index (κ1) is 11.0. The fourth-order valence-corrected chi connectivity index (χ4v) is 2.04. The number of anilines is 2. The second kappa shape index (κ2) is 4.56. The molecule has 2 N–H and O–H groups in total. The molecule has 7 heteroatoms. The van der Waals surface area contributed by atoms with Crippen LogP contribution in [0.1, 0.15) is 0 Å². The molecule has 2 heterocycles. The topological polar surface area (TPSA) is 49.8 Å². The van der Waals surface area contributed by atoms with Crippen molar-refractivity contribution in [2.45, 2.75) is 6.43 Å². The van der Waals surface area contributed by atoms with Crippen LogP contribution in [-0.4, -0.2) is 30.0 Å². The molecule has 0 aliphatic rings. The molecule has 16 heavy (non-hydrogen) atoms. The number of hydrogen-bond donors (Lipinski definition) is 2. The molecule has 0 aliphatic carbocycles. The SMILES string of the molecule is CNc1nc(NCC(F)F)c2ccsc2n1. The normalized spacial score (nSPS) is 11.0. The van der Waals surface area contributed by atoms with Gasteiger partial charge in [0.2, 0.25) is 5.95 Å². The van der Waals surface area contributed by atoms with E-state index in [0.717, 1.165) is 10.2 Å². The Labute approximate surface area is 94.7 Å². The lowest BCUT2D eigenvalue weighted by Gasteiger charge is -2.07. The highest BCUT2D eigenvalue weighted by molar-refractivity contribution is 7.16. The molecule has 0 aromatic carbocycles. The van der Waals surface area contributed by atoms with Crippen molar-refractivity contribution in [1.82, 2.24) is 9.97 Å². The summed E-state index contributed by atoms with van der Waals surface area (Å²) in [4.78, 5) is 9.09. The Morgan fingerprint density at radius 1 is 1.44 bits per heavy atom. The Hall–Kier alpha value is -1.50. The minimum Gasteiger partial charge on any atom is -0.364 e. The molecule has 0 bridgehead atoms. The zero-order valence-corrected chi connectivity index (χ0v) is 9.31. The Bertz CT molecular complexity index is 485. The molecule has 0 aliphatic heterocycles. The lowest BCUT2D eigenvalue weighted by Crippen LogP contribution is -2.12. The molecule has 2 aromatic rings. The van der Waals surface area contributed by atoms with E-state index >= 15 is 0 Å². The lowest BCUT2D eigenvalue weighted by molar-refractivity contribution is 0.163. The number of aromatic nitrogens is 2. The van der Waals surface area contributed by atoms with Crippen LogP contribution in [0.4, 0.5) is 20.5 Å². The number of alkyl halides is 2. The number of nitrogens with one attached hydrogen (secondary N) is 2. The van der Waals surface area contributed by atoms with E-state index in [9.17, 15) is 8.78 Å². The molecule has 0 amide bonds. The third kappa shape index (κ3) is 2.19. The Balaban J connectivity index is 2.36. The summed E-state index contributed by atoms with van der Waals surface area (Å²) in [5.41, 5.74) is 0.